The minimum Gasteiger partial charge on any atom is -0.342 e. The molecule has 26 heavy (non-hydrogen) atoms. The summed E-state index contributed by atoms with van der Waals surface area (Å²) < 4.78 is 1.63. The fourth-order valence-corrected chi connectivity index (χ4v) is 3.70. The molecule has 3 aromatic heterocycles. The van der Waals surface area contributed by atoms with Gasteiger partial charge in [0, 0.05) is 31.4 Å². The highest BCUT2D eigenvalue weighted by Crippen LogP contribution is 2.28. The SMILES string of the molecule is O=C(c1cnn2cccnc12)N1CCC[C@@H](c2nc3ccccc3[nH]2)C1. The third-order valence-electron chi connectivity index (χ3n) is 5.01. The second-order valence-corrected chi connectivity index (χ2v) is 6.68. The van der Waals surface area contributed by atoms with Gasteiger partial charge in [0.25, 0.3) is 5.91 Å². The fraction of sp³-hybridized carbons (Fsp3) is 0.263. The predicted molar refractivity (Wildman–Crippen MR) is 97.0 cm³/mol. The molecular weight excluding hydrogens is 328 g/mol. The highest BCUT2D eigenvalue weighted by Gasteiger charge is 2.29. The zero-order chi connectivity index (χ0) is 17.5. The molecule has 1 aliphatic heterocycles. The smallest absolute Gasteiger partial charge is 0.259 e. The normalized spacial score (nSPS) is 17.8. The van der Waals surface area contributed by atoms with Crippen molar-refractivity contribution >= 4 is 22.6 Å². The van der Waals surface area contributed by atoms with Crippen LogP contribution in [0, 0.1) is 0 Å². The van der Waals surface area contributed by atoms with Gasteiger partial charge in [-0.3, -0.25) is 4.79 Å². The van der Waals surface area contributed by atoms with Gasteiger partial charge in [-0.25, -0.2) is 14.5 Å². The van der Waals surface area contributed by atoms with Crippen molar-refractivity contribution in [2.24, 2.45) is 0 Å². The van der Waals surface area contributed by atoms with Gasteiger partial charge in [0.15, 0.2) is 5.65 Å². The number of imidazole rings is 1. The molecular formula is C19H18N6O. The summed E-state index contributed by atoms with van der Waals surface area (Å²) in [5.41, 5.74) is 3.16. The molecule has 7 heteroatoms. The predicted octanol–water partition coefficient (Wildman–Crippen LogP) is 2.63. The summed E-state index contributed by atoms with van der Waals surface area (Å²) in [5, 5.41) is 4.23. The van der Waals surface area contributed by atoms with Crippen molar-refractivity contribution in [3.63, 3.8) is 0 Å². The van der Waals surface area contributed by atoms with E-state index in [-0.39, 0.29) is 11.8 Å². The van der Waals surface area contributed by atoms with Crippen LogP contribution in [0.15, 0.2) is 48.9 Å². The Kier molecular flexibility index (Phi) is 3.44. The molecule has 130 valence electrons. The molecule has 4 heterocycles. The van der Waals surface area contributed by atoms with Gasteiger partial charge in [-0.2, -0.15) is 5.10 Å². The van der Waals surface area contributed by atoms with Crippen LogP contribution < -0.4 is 0 Å². The summed E-state index contributed by atoms with van der Waals surface area (Å²) in [6.45, 7) is 1.41. The van der Waals surface area contributed by atoms with Crippen LogP contribution in [-0.4, -0.2) is 48.5 Å². The Morgan fingerprint density at radius 3 is 3.08 bits per heavy atom. The fourth-order valence-electron chi connectivity index (χ4n) is 3.70. The number of hydrogen-bond acceptors (Lipinski definition) is 4. The molecule has 4 aromatic rings. The zero-order valence-corrected chi connectivity index (χ0v) is 14.2. The van der Waals surface area contributed by atoms with E-state index in [0.717, 1.165) is 36.2 Å². The van der Waals surface area contributed by atoms with Crippen molar-refractivity contribution in [1.82, 2.24) is 29.5 Å². The van der Waals surface area contributed by atoms with E-state index in [1.54, 1.807) is 29.2 Å². The number of carbonyl (C=O) groups excluding carboxylic acids is 1. The minimum absolute atomic E-state index is 0.0143. The lowest BCUT2D eigenvalue weighted by Crippen LogP contribution is -2.39. The van der Waals surface area contributed by atoms with Crippen LogP contribution in [0.25, 0.3) is 16.7 Å². The summed E-state index contributed by atoms with van der Waals surface area (Å²) in [7, 11) is 0. The Morgan fingerprint density at radius 2 is 2.15 bits per heavy atom. The average Bonchev–Trinajstić information content (AvgIpc) is 3.32. The lowest BCUT2D eigenvalue weighted by atomic mass is 9.97. The molecule has 7 nitrogen and oxygen atoms in total. The lowest BCUT2D eigenvalue weighted by molar-refractivity contribution is 0.0706. The average molecular weight is 346 g/mol. The number of hydrogen-bond donors (Lipinski definition) is 1. The number of likely N-dealkylation sites (tertiary alicyclic amines) is 1. The largest absolute Gasteiger partial charge is 0.342 e. The summed E-state index contributed by atoms with van der Waals surface area (Å²) >= 11 is 0. The number of rotatable bonds is 2. The summed E-state index contributed by atoms with van der Waals surface area (Å²) in [4.78, 5) is 27.4. The van der Waals surface area contributed by atoms with Crippen LogP contribution in [0.4, 0.5) is 0 Å². The van der Waals surface area contributed by atoms with E-state index < -0.39 is 0 Å². The molecule has 0 bridgehead atoms. The molecule has 1 atom stereocenters. The van der Waals surface area contributed by atoms with Gasteiger partial charge in [-0.15, -0.1) is 0 Å². The standard InChI is InChI=1S/C19H18N6O/c26-19(14-11-21-25-10-4-8-20-18(14)25)24-9-3-5-13(12-24)17-22-15-6-1-2-7-16(15)23-17/h1-2,4,6-8,10-11,13H,3,5,9,12H2,(H,22,23)/t13-/m1/s1. The molecule has 0 spiro atoms. The quantitative estimate of drug-likeness (QED) is 0.605. The third kappa shape index (κ3) is 2.44. The van der Waals surface area contributed by atoms with Crippen LogP contribution >= 0.6 is 0 Å². The van der Waals surface area contributed by atoms with E-state index in [1.165, 1.54) is 0 Å². The number of nitrogens with zero attached hydrogens (tertiary/aromatic N) is 5. The van der Waals surface area contributed by atoms with Crippen LogP contribution in [0.2, 0.25) is 0 Å². The van der Waals surface area contributed by atoms with Crippen molar-refractivity contribution in [3.05, 3.63) is 60.3 Å². The molecule has 0 saturated carbocycles. The van der Waals surface area contributed by atoms with Gasteiger partial charge >= 0.3 is 0 Å². The number of benzene rings is 1. The Morgan fingerprint density at radius 1 is 1.23 bits per heavy atom. The maximum absolute atomic E-state index is 13.0. The number of fused-ring (bicyclic) bond motifs is 2. The maximum Gasteiger partial charge on any atom is 0.259 e. The first-order valence-electron chi connectivity index (χ1n) is 8.82. The number of para-hydroxylation sites is 2. The van der Waals surface area contributed by atoms with Gasteiger partial charge in [-0.05, 0) is 31.0 Å². The third-order valence-corrected chi connectivity index (χ3v) is 5.01. The van der Waals surface area contributed by atoms with E-state index in [1.807, 2.05) is 29.2 Å². The van der Waals surface area contributed by atoms with Crippen molar-refractivity contribution in [1.29, 1.82) is 0 Å². The second-order valence-electron chi connectivity index (χ2n) is 6.68. The molecule has 0 radical (unpaired) electrons. The van der Waals surface area contributed by atoms with Crippen molar-refractivity contribution < 1.29 is 4.79 Å². The first kappa shape index (κ1) is 15.1. The highest BCUT2D eigenvalue weighted by molar-refractivity contribution is 5.99. The number of aromatic nitrogens is 5. The molecule has 5 rings (SSSR count). The molecule has 1 aliphatic rings. The van der Waals surface area contributed by atoms with Crippen LogP contribution in [0.1, 0.15) is 34.9 Å². The topological polar surface area (TPSA) is 79.2 Å². The van der Waals surface area contributed by atoms with Crippen LogP contribution in [0.5, 0.6) is 0 Å². The Hall–Kier alpha value is -3.22. The maximum atomic E-state index is 13.0. The number of carbonyl (C=O) groups is 1. The van der Waals surface area contributed by atoms with Gasteiger partial charge in [0.05, 0.1) is 17.2 Å². The monoisotopic (exact) mass is 346 g/mol. The van der Waals surface area contributed by atoms with Gasteiger partial charge in [0.2, 0.25) is 0 Å². The van der Waals surface area contributed by atoms with Crippen LogP contribution in [0.3, 0.4) is 0 Å². The van der Waals surface area contributed by atoms with E-state index in [2.05, 4.69) is 15.1 Å². The molecule has 1 aromatic carbocycles. The Balaban J connectivity index is 1.42. The molecule has 1 fully saturated rings. The lowest BCUT2D eigenvalue weighted by Gasteiger charge is -2.31. The van der Waals surface area contributed by atoms with E-state index in [0.29, 0.717) is 17.8 Å². The highest BCUT2D eigenvalue weighted by atomic mass is 16.2. The molecule has 1 saturated heterocycles. The number of amides is 1. The first-order chi connectivity index (χ1) is 12.8. The van der Waals surface area contributed by atoms with Crippen molar-refractivity contribution in [2.75, 3.05) is 13.1 Å². The Bertz CT molecular complexity index is 1060. The van der Waals surface area contributed by atoms with Gasteiger partial charge < -0.3 is 9.88 Å². The van der Waals surface area contributed by atoms with E-state index in [4.69, 9.17) is 4.98 Å². The number of piperidine rings is 1. The first-order valence-corrected chi connectivity index (χ1v) is 8.82. The van der Waals surface area contributed by atoms with E-state index >= 15 is 0 Å². The molecule has 1 N–H and O–H groups in total. The summed E-state index contributed by atoms with van der Waals surface area (Å²) in [6.07, 6.45) is 7.07. The van der Waals surface area contributed by atoms with Crippen molar-refractivity contribution in [3.8, 4) is 0 Å². The van der Waals surface area contributed by atoms with Crippen LogP contribution in [-0.2, 0) is 0 Å². The number of H-pyrrole nitrogens is 1. The zero-order valence-electron chi connectivity index (χ0n) is 14.2. The minimum atomic E-state index is -0.0143. The summed E-state index contributed by atoms with van der Waals surface area (Å²) in [6, 6.07) is 9.82. The van der Waals surface area contributed by atoms with Gasteiger partial charge in [0.1, 0.15) is 11.4 Å². The second kappa shape index (κ2) is 5.94. The molecule has 1 amide bonds. The number of nitrogens with one attached hydrogen (secondary N) is 1. The molecule has 0 unspecified atom stereocenters. The Labute approximate surface area is 149 Å². The van der Waals surface area contributed by atoms with Gasteiger partial charge in [-0.1, -0.05) is 12.1 Å². The summed E-state index contributed by atoms with van der Waals surface area (Å²) in [5.74, 6) is 1.16. The van der Waals surface area contributed by atoms with Crippen molar-refractivity contribution in [2.45, 2.75) is 18.8 Å². The number of aromatic amines is 1. The van der Waals surface area contributed by atoms with E-state index in [9.17, 15) is 4.79 Å². The molecule has 0 aliphatic carbocycles.